The van der Waals surface area contributed by atoms with E-state index in [9.17, 15) is 8.78 Å². The van der Waals surface area contributed by atoms with E-state index in [-0.39, 0.29) is 12.6 Å². The molecule has 1 aromatic rings. The number of hydrogen-bond acceptors (Lipinski definition) is 3. The Kier molecular flexibility index (Phi) is 4.63. The van der Waals surface area contributed by atoms with E-state index in [4.69, 9.17) is 5.11 Å². The topological polar surface area (TPSA) is 35.5 Å². The van der Waals surface area contributed by atoms with Crippen molar-refractivity contribution in [2.75, 3.05) is 32.8 Å². The first-order valence-corrected chi connectivity index (χ1v) is 6.22. The molecule has 0 radical (unpaired) electrons. The molecule has 0 aromatic heterocycles. The number of benzene rings is 1. The molecule has 2 rings (SSSR count). The van der Waals surface area contributed by atoms with Crippen molar-refractivity contribution in [3.8, 4) is 0 Å². The summed E-state index contributed by atoms with van der Waals surface area (Å²) in [5.41, 5.74) is 0.600. The standard InChI is InChI=1S/C13H18F2N2O/c14-11-7-10(8-12(15)9-11)13(1-6-18)17-4-2-16-3-5-17/h7-9,13,16,18H,1-6H2/t13-/m0/s1. The summed E-state index contributed by atoms with van der Waals surface area (Å²) in [5, 5.41) is 12.4. The van der Waals surface area contributed by atoms with E-state index >= 15 is 0 Å². The molecule has 1 aliphatic heterocycles. The predicted octanol–water partition coefficient (Wildman–Crippen LogP) is 1.29. The van der Waals surface area contributed by atoms with E-state index in [1.54, 1.807) is 0 Å². The van der Waals surface area contributed by atoms with Crippen molar-refractivity contribution in [3.63, 3.8) is 0 Å². The molecule has 1 heterocycles. The van der Waals surface area contributed by atoms with Crippen LogP contribution < -0.4 is 5.32 Å². The third kappa shape index (κ3) is 3.25. The molecule has 5 heteroatoms. The molecule has 0 unspecified atom stereocenters. The zero-order chi connectivity index (χ0) is 13.0. The molecule has 1 fully saturated rings. The normalized spacial score (nSPS) is 18.8. The van der Waals surface area contributed by atoms with Crippen LogP contribution in [0.3, 0.4) is 0 Å². The lowest BCUT2D eigenvalue weighted by Crippen LogP contribution is -2.45. The third-order valence-electron chi connectivity index (χ3n) is 3.26. The minimum absolute atomic E-state index is 0.00667. The zero-order valence-corrected chi connectivity index (χ0v) is 10.2. The highest BCUT2D eigenvalue weighted by Crippen LogP contribution is 2.25. The first kappa shape index (κ1) is 13.4. The van der Waals surface area contributed by atoms with Gasteiger partial charge in [0.1, 0.15) is 11.6 Å². The largest absolute Gasteiger partial charge is 0.396 e. The fraction of sp³-hybridized carbons (Fsp3) is 0.538. The minimum atomic E-state index is -0.567. The molecule has 0 saturated carbocycles. The van der Waals surface area contributed by atoms with E-state index in [1.165, 1.54) is 12.1 Å². The number of nitrogens with zero attached hydrogens (tertiary/aromatic N) is 1. The molecule has 1 aromatic carbocycles. The molecule has 0 spiro atoms. The number of aliphatic hydroxyl groups is 1. The number of aliphatic hydroxyl groups excluding tert-OH is 1. The van der Waals surface area contributed by atoms with Crippen molar-refractivity contribution in [1.82, 2.24) is 10.2 Å². The van der Waals surface area contributed by atoms with Gasteiger partial charge in [-0.3, -0.25) is 4.90 Å². The van der Waals surface area contributed by atoms with E-state index in [0.29, 0.717) is 12.0 Å². The second-order valence-corrected chi connectivity index (χ2v) is 4.52. The van der Waals surface area contributed by atoms with Gasteiger partial charge in [-0.1, -0.05) is 0 Å². The summed E-state index contributed by atoms with van der Waals surface area (Å²) >= 11 is 0. The smallest absolute Gasteiger partial charge is 0.126 e. The molecule has 3 nitrogen and oxygen atoms in total. The zero-order valence-electron chi connectivity index (χ0n) is 10.2. The van der Waals surface area contributed by atoms with Crippen LogP contribution in [0, 0.1) is 11.6 Å². The molecule has 0 amide bonds. The lowest BCUT2D eigenvalue weighted by Gasteiger charge is -2.35. The van der Waals surface area contributed by atoms with Gasteiger partial charge in [0, 0.05) is 44.9 Å². The first-order valence-electron chi connectivity index (χ1n) is 6.22. The quantitative estimate of drug-likeness (QED) is 0.852. The van der Waals surface area contributed by atoms with Gasteiger partial charge in [0.05, 0.1) is 0 Å². The molecule has 1 aliphatic rings. The average Bonchev–Trinajstić information content (AvgIpc) is 2.36. The molecule has 1 atom stereocenters. The van der Waals surface area contributed by atoms with Crippen LogP contribution in [0.4, 0.5) is 8.78 Å². The summed E-state index contributed by atoms with van der Waals surface area (Å²) in [7, 11) is 0. The third-order valence-corrected chi connectivity index (χ3v) is 3.26. The fourth-order valence-electron chi connectivity index (χ4n) is 2.44. The molecular formula is C13H18F2N2O. The van der Waals surface area contributed by atoms with E-state index < -0.39 is 11.6 Å². The van der Waals surface area contributed by atoms with Crippen molar-refractivity contribution in [1.29, 1.82) is 0 Å². The number of halogens is 2. The molecule has 18 heavy (non-hydrogen) atoms. The number of rotatable bonds is 4. The Balaban J connectivity index is 2.22. The average molecular weight is 256 g/mol. The van der Waals surface area contributed by atoms with E-state index in [0.717, 1.165) is 32.2 Å². The molecule has 100 valence electrons. The Labute approximate surface area is 105 Å². The monoisotopic (exact) mass is 256 g/mol. The Hall–Kier alpha value is -1.04. The van der Waals surface area contributed by atoms with Crippen LogP contribution in [0.5, 0.6) is 0 Å². The predicted molar refractivity (Wildman–Crippen MR) is 65.2 cm³/mol. The maximum Gasteiger partial charge on any atom is 0.126 e. The van der Waals surface area contributed by atoms with E-state index in [1.807, 2.05) is 0 Å². The van der Waals surface area contributed by atoms with Crippen LogP contribution in [0.15, 0.2) is 18.2 Å². The highest BCUT2D eigenvalue weighted by Gasteiger charge is 2.22. The van der Waals surface area contributed by atoms with Crippen molar-refractivity contribution in [2.24, 2.45) is 0 Å². The van der Waals surface area contributed by atoms with Crippen molar-refractivity contribution in [3.05, 3.63) is 35.4 Å². The Morgan fingerprint density at radius 2 is 1.78 bits per heavy atom. The summed E-state index contributed by atoms with van der Waals surface area (Å²) in [6, 6.07) is 3.45. The lowest BCUT2D eigenvalue weighted by atomic mass is 10.0. The van der Waals surface area contributed by atoms with Gasteiger partial charge in [-0.15, -0.1) is 0 Å². The summed E-state index contributed by atoms with van der Waals surface area (Å²) < 4.78 is 26.5. The van der Waals surface area contributed by atoms with Gasteiger partial charge >= 0.3 is 0 Å². The summed E-state index contributed by atoms with van der Waals surface area (Å²) in [6.07, 6.45) is 0.489. The van der Waals surface area contributed by atoms with Crippen molar-refractivity contribution in [2.45, 2.75) is 12.5 Å². The summed E-state index contributed by atoms with van der Waals surface area (Å²) in [5.74, 6) is -1.13. The highest BCUT2D eigenvalue weighted by molar-refractivity contribution is 5.21. The SMILES string of the molecule is OCC[C@@H](c1cc(F)cc(F)c1)N1CCNCC1. The van der Waals surface area contributed by atoms with Crippen LogP contribution in [0.2, 0.25) is 0 Å². The van der Waals surface area contributed by atoms with Gasteiger partial charge in [0.2, 0.25) is 0 Å². The van der Waals surface area contributed by atoms with Gasteiger partial charge in [-0.2, -0.15) is 0 Å². The molecule has 2 N–H and O–H groups in total. The summed E-state index contributed by atoms with van der Waals surface area (Å²) in [4.78, 5) is 2.15. The van der Waals surface area contributed by atoms with Crippen LogP contribution in [-0.2, 0) is 0 Å². The Morgan fingerprint density at radius 1 is 1.17 bits per heavy atom. The first-order chi connectivity index (χ1) is 8.70. The van der Waals surface area contributed by atoms with Gasteiger partial charge in [0.25, 0.3) is 0 Å². The van der Waals surface area contributed by atoms with E-state index in [2.05, 4.69) is 10.2 Å². The second kappa shape index (κ2) is 6.22. The van der Waals surface area contributed by atoms with Gasteiger partial charge in [-0.25, -0.2) is 8.78 Å². The molecule has 0 bridgehead atoms. The molecule has 0 aliphatic carbocycles. The van der Waals surface area contributed by atoms with Crippen LogP contribution in [-0.4, -0.2) is 42.8 Å². The number of hydrogen-bond donors (Lipinski definition) is 2. The highest BCUT2D eigenvalue weighted by atomic mass is 19.1. The Morgan fingerprint density at radius 3 is 2.33 bits per heavy atom. The van der Waals surface area contributed by atoms with Crippen molar-refractivity contribution < 1.29 is 13.9 Å². The maximum atomic E-state index is 13.3. The van der Waals surface area contributed by atoms with Crippen molar-refractivity contribution >= 4 is 0 Å². The lowest BCUT2D eigenvalue weighted by molar-refractivity contribution is 0.140. The minimum Gasteiger partial charge on any atom is -0.396 e. The number of piperazine rings is 1. The molecule has 1 saturated heterocycles. The van der Waals surface area contributed by atoms with Crippen LogP contribution >= 0.6 is 0 Å². The van der Waals surface area contributed by atoms with Gasteiger partial charge < -0.3 is 10.4 Å². The fourth-order valence-corrected chi connectivity index (χ4v) is 2.44. The molecular weight excluding hydrogens is 238 g/mol. The summed E-state index contributed by atoms with van der Waals surface area (Å²) in [6.45, 7) is 3.37. The second-order valence-electron chi connectivity index (χ2n) is 4.52. The van der Waals surface area contributed by atoms with Gasteiger partial charge in [0.15, 0.2) is 0 Å². The number of nitrogens with one attached hydrogen (secondary N) is 1. The maximum absolute atomic E-state index is 13.3. The van der Waals surface area contributed by atoms with Gasteiger partial charge in [-0.05, 0) is 24.1 Å². The van der Waals surface area contributed by atoms with Crippen LogP contribution in [0.25, 0.3) is 0 Å². The van der Waals surface area contributed by atoms with Crippen LogP contribution in [0.1, 0.15) is 18.0 Å². The Bertz CT molecular complexity index is 374.